The number of methoxy groups -OCH3 is 1. The third kappa shape index (κ3) is 4.34. The van der Waals surface area contributed by atoms with Crippen LogP contribution in [0.1, 0.15) is 31.2 Å². The summed E-state index contributed by atoms with van der Waals surface area (Å²) in [6.45, 7) is 2.27. The molecule has 0 unspecified atom stereocenters. The van der Waals surface area contributed by atoms with Crippen LogP contribution in [0, 0.1) is 5.92 Å². The number of morpholine rings is 1. The van der Waals surface area contributed by atoms with E-state index in [4.69, 9.17) is 9.47 Å². The molecule has 7 nitrogen and oxygen atoms in total. The van der Waals surface area contributed by atoms with Crippen LogP contribution in [0.15, 0.2) is 23.1 Å². The van der Waals surface area contributed by atoms with Crippen molar-refractivity contribution in [1.82, 2.24) is 9.21 Å². The highest BCUT2D eigenvalue weighted by molar-refractivity contribution is 7.89. The lowest BCUT2D eigenvalue weighted by molar-refractivity contribution is -0.131. The standard InChI is InChI=1S/C20H28N2O5S/c1-26-18-7-4-16(12-19(18)28(24,25)21-8-10-27-11-9-21)13-20(23)22(17-5-6-17)14-15-2-3-15/h4,7,12,15,17H,2-3,5-6,8-11,13-14H2,1H3. The number of rotatable bonds is 8. The summed E-state index contributed by atoms with van der Waals surface area (Å²) < 4.78 is 38.2. The van der Waals surface area contributed by atoms with Crippen molar-refractivity contribution in [1.29, 1.82) is 0 Å². The highest BCUT2D eigenvalue weighted by Gasteiger charge is 2.36. The molecule has 0 aromatic heterocycles. The Kier molecular flexibility index (Phi) is 5.62. The number of ether oxygens (including phenoxy) is 2. The molecule has 1 aromatic carbocycles. The van der Waals surface area contributed by atoms with Crippen molar-refractivity contribution in [2.75, 3.05) is 40.0 Å². The molecular formula is C20H28N2O5S. The van der Waals surface area contributed by atoms with Crippen molar-refractivity contribution < 1.29 is 22.7 Å². The second kappa shape index (κ2) is 8.00. The number of carbonyl (C=O) groups excluding carboxylic acids is 1. The number of hydrogen-bond donors (Lipinski definition) is 0. The minimum Gasteiger partial charge on any atom is -0.495 e. The van der Waals surface area contributed by atoms with E-state index in [-0.39, 0.29) is 17.2 Å². The molecule has 3 aliphatic rings. The molecule has 3 fully saturated rings. The van der Waals surface area contributed by atoms with E-state index in [0.29, 0.717) is 49.6 Å². The van der Waals surface area contributed by atoms with Crippen molar-refractivity contribution in [2.45, 2.75) is 43.0 Å². The van der Waals surface area contributed by atoms with Crippen molar-refractivity contribution in [3.8, 4) is 5.75 Å². The fourth-order valence-corrected chi connectivity index (χ4v) is 5.27. The third-order valence-electron chi connectivity index (χ3n) is 5.63. The number of benzene rings is 1. The second-order valence-electron chi connectivity index (χ2n) is 7.90. The fraction of sp³-hybridized carbons (Fsp3) is 0.650. The van der Waals surface area contributed by atoms with Gasteiger partial charge in [-0.1, -0.05) is 6.07 Å². The molecule has 28 heavy (non-hydrogen) atoms. The Bertz CT molecular complexity index is 827. The molecule has 154 valence electrons. The van der Waals surface area contributed by atoms with E-state index >= 15 is 0 Å². The molecule has 1 saturated heterocycles. The van der Waals surface area contributed by atoms with Crippen LogP contribution in [0.2, 0.25) is 0 Å². The molecule has 0 radical (unpaired) electrons. The number of amides is 1. The van der Waals surface area contributed by atoms with Gasteiger partial charge in [0.2, 0.25) is 15.9 Å². The van der Waals surface area contributed by atoms with Gasteiger partial charge in [0, 0.05) is 25.7 Å². The molecule has 1 amide bonds. The maximum Gasteiger partial charge on any atom is 0.246 e. The Labute approximate surface area is 166 Å². The SMILES string of the molecule is COc1ccc(CC(=O)N(CC2CC2)C2CC2)cc1S(=O)(=O)N1CCOCC1. The summed E-state index contributed by atoms with van der Waals surface area (Å²) in [6.07, 6.45) is 4.80. The number of sulfonamides is 1. The summed E-state index contributed by atoms with van der Waals surface area (Å²) >= 11 is 0. The van der Waals surface area contributed by atoms with Crippen LogP contribution < -0.4 is 4.74 Å². The molecule has 2 saturated carbocycles. The zero-order valence-electron chi connectivity index (χ0n) is 16.3. The van der Waals surface area contributed by atoms with Gasteiger partial charge in [-0.2, -0.15) is 4.31 Å². The van der Waals surface area contributed by atoms with Crippen LogP contribution >= 0.6 is 0 Å². The van der Waals surface area contributed by atoms with Gasteiger partial charge in [0.15, 0.2) is 0 Å². The maximum absolute atomic E-state index is 13.1. The molecule has 1 aliphatic heterocycles. The van der Waals surface area contributed by atoms with E-state index in [1.807, 2.05) is 4.90 Å². The summed E-state index contributed by atoms with van der Waals surface area (Å²) in [5.41, 5.74) is 0.707. The quantitative estimate of drug-likeness (QED) is 0.654. The lowest BCUT2D eigenvalue weighted by atomic mass is 10.1. The maximum atomic E-state index is 13.1. The van der Waals surface area contributed by atoms with Gasteiger partial charge in [0.1, 0.15) is 10.6 Å². The van der Waals surface area contributed by atoms with Crippen LogP contribution in [0.3, 0.4) is 0 Å². The van der Waals surface area contributed by atoms with Gasteiger partial charge in [-0.15, -0.1) is 0 Å². The fourth-order valence-electron chi connectivity index (χ4n) is 3.65. The van der Waals surface area contributed by atoms with Crippen LogP contribution in [0.5, 0.6) is 5.75 Å². The smallest absolute Gasteiger partial charge is 0.246 e. The Morgan fingerprint density at radius 2 is 1.93 bits per heavy atom. The van der Waals surface area contributed by atoms with Crippen LogP contribution in [-0.2, 0) is 26.0 Å². The van der Waals surface area contributed by atoms with Crippen LogP contribution in [-0.4, -0.2) is 69.5 Å². The van der Waals surface area contributed by atoms with Gasteiger partial charge in [0.25, 0.3) is 0 Å². The van der Waals surface area contributed by atoms with E-state index in [1.165, 1.54) is 24.3 Å². The molecule has 8 heteroatoms. The monoisotopic (exact) mass is 408 g/mol. The topological polar surface area (TPSA) is 76.2 Å². The summed E-state index contributed by atoms with van der Waals surface area (Å²) in [7, 11) is -2.23. The minimum atomic E-state index is -3.69. The van der Waals surface area contributed by atoms with Crippen molar-refractivity contribution in [3.05, 3.63) is 23.8 Å². The highest BCUT2D eigenvalue weighted by Crippen LogP contribution is 2.35. The lowest BCUT2D eigenvalue weighted by Crippen LogP contribution is -2.40. The van der Waals surface area contributed by atoms with Crippen LogP contribution in [0.4, 0.5) is 0 Å². The molecule has 0 atom stereocenters. The third-order valence-corrected chi connectivity index (χ3v) is 7.55. The van der Waals surface area contributed by atoms with E-state index in [0.717, 1.165) is 19.4 Å². The van der Waals surface area contributed by atoms with Gasteiger partial charge in [-0.25, -0.2) is 8.42 Å². The number of hydrogen-bond acceptors (Lipinski definition) is 5. The van der Waals surface area contributed by atoms with E-state index in [2.05, 4.69) is 0 Å². The molecule has 0 bridgehead atoms. The predicted octanol–water partition coefficient (Wildman–Crippen LogP) is 1.66. The summed E-state index contributed by atoms with van der Waals surface area (Å²) in [5.74, 6) is 1.05. The van der Waals surface area contributed by atoms with Crippen molar-refractivity contribution in [2.24, 2.45) is 5.92 Å². The molecule has 4 rings (SSSR count). The molecule has 0 spiro atoms. The summed E-state index contributed by atoms with van der Waals surface area (Å²) in [4.78, 5) is 15.0. The average Bonchev–Trinajstić information content (AvgIpc) is 3.61. The first-order chi connectivity index (χ1) is 13.5. The first-order valence-electron chi connectivity index (χ1n) is 10.0. The number of carbonyl (C=O) groups is 1. The molecule has 0 N–H and O–H groups in total. The number of nitrogens with zero attached hydrogens (tertiary/aromatic N) is 2. The Morgan fingerprint density at radius 1 is 1.21 bits per heavy atom. The van der Waals surface area contributed by atoms with Gasteiger partial charge >= 0.3 is 0 Å². The summed E-state index contributed by atoms with van der Waals surface area (Å²) in [6, 6.07) is 5.42. The normalized spacial score (nSPS) is 20.8. The van der Waals surface area contributed by atoms with Gasteiger partial charge in [-0.05, 0) is 49.3 Å². The van der Waals surface area contributed by atoms with Crippen molar-refractivity contribution in [3.63, 3.8) is 0 Å². The lowest BCUT2D eigenvalue weighted by Gasteiger charge is -2.27. The largest absolute Gasteiger partial charge is 0.495 e. The highest BCUT2D eigenvalue weighted by atomic mass is 32.2. The minimum absolute atomic E-state index is 0.0919. The van der Waals surface area contributed by atoms with Gasteiger partial charge in [-0.3, -0.25) is 4.79 Å². The Hall–Kier alpha value is -1.64. The predicted molar refractivity (Wildman–Crippen MR) is 104 cm³/mol. The first-order valence-corrected chi connectivity index (χ1v) is 11.5. The Morgan fingerprint density at radius 3 is 2.54 bits per heavy atom. The van der Waals surface area contributed by atoms with E-state index in [9.17, 15) is 13.2 Å². The first kappa shape index (κ1) is 19.7. The Balaban J connectivity index is 1.54. The van der Waals surface area contributed by atoms with E-state index in [1.54, 1.807) is 18.2 Å². The molecule has 1 aromatic rings. The zero-order chi connectivity index (χ0) is 19.7. The molecule has 2 aliphatic carbocycles. The second-order valence-corrected chi connectivity index (χ2v) is 9.81. The zero-order valence-corrected chi connectivity index (χ0v) is 17.1. The van der Waals surface area contributed by atoms with Crippen LogP contribution in [0.25, 0.3) is 0 Å². The average molecular weight is 409 g/mol. The van der Waals surface area contributed by atoms with Crippen molar-refractivity contribution >= 4 is 15.9 Å². The van der Waals surface area contributed by atoms with Gasteiger partial charge in [0.05, 0.1) is 26.7 Å². The molecule has 1 heterocycles. The molecular weight excluding hydrogens is 380 g/mol. The van der Waals surface area contributed by atoms with Gasteiger partial charge < -0.3 is 14.4 Å². The summed E-state index contributed by atoms with van der Waals surface area (Å²) in [5, 5.41) is 0. The van der Waals surface area contributed by atoms with E-state index < -0.39 is 10.0 Å².